The van der Waals surface area contributed by atoms with E-state index in [9.17, 15) is 5.26 Å². The smallest absolute Gasteiger partial charge is 0.101 e. The molecule has 5 heteroatoms. The molecule has 0 unspecified atom stereocenters. The first kappa shape index (κ1) is 20.3. The predicted molar refractivity (Wildman–Crippen MR) is 118 cm³/mol. The predicted octanol–water partition coefficient (Wildman–Crippen LogP) is 3.95. The van der Waals surface area contributed by atoms with E-state index in [0.717, 1.165) is 28.0 Å². The lowest BCUT2D eigenvalue weighted by Crippen LogP contribution is -2.22. The van der Waals surface area contributed by atoms with E-state index < -0.39 is 0 Å². The summed E-state index contributed by atoms with van der Waals surface area (Å²) in [4.78, 5) is 0. The number of anilines is 1. The Hall–Kier alpha value is -3.46. The Morgan fingerprint density at radius 3 is 2.62 bits per heavy atom. The molecule has 2 aromatic carbocycles. The fraction of sp³-hybridized carbons (Fsp3) is 0.167. The summed E-state index contributed by atoms with van der Waals surface area (Å²) in [5.74, 6) is 0. The number of nitriles is 1. The average molecular weight is 384 g/mol. The van der Waals surface area contributed by atoms with Crippen LogP contribution in [-0.2, 0) is 0 Å². The van der Waals surface area contributed by atoms with Gasteiger partial charge in [0.2, 0.25) is 0 Å². The molecule has 3 rings (SSSR count). The van der Waals surface area contributed by atoms with Crippen LogP contribution >= 0.6 is 0 Å². The van der Waals surface area contributed by atoms with Gasteiger partial charge in [-0.25, -0.2) is 0 Å². The third-order valence-corrected chi connectivity index (χ3v) is 4.77. The normalized spacial score (nSPS) is 14.9. The molecule has 2 aromatic rings. The Kier molecular flexibility index (Phi) is 6.75. The van der Waals surface area contributed by atoms with Crippen molar-refractivity contribution in [3.05, 3.63) is 89.2 Å². The molecule has 29 heavy (non-hydrogen) atoms. The SMILES string of the molecule is Cc1c(N/C=C2/C=C(CNCCO)C=C(C#N)C2=N)cccc1-c1ccccc1. The van der Waals surface area contributed by atoms with Crippen LogP contribution in [-0.4, -0.2) is 30.5 Å². The van der Waals surface area contributed by atoms with Crippen molar-refractivity contribution >= 4 is 11.4 Å². The summed E-state index contributed by atoms with van der Waals surface area (Å²) in [7, 11) is 0. The van der Waals surface area contributed by atoms with Crippen molar-refractivity contribution in [1.82, 2.24) is 5.32 Å². The summed E-state index contributed by atoms with van der Waals surface area (Å²) in [6.45, 7) is 3.13. The summed E-state index contributed by atoms with van der Waals surface area (Å²) < 4.78 is 0. The van der Waals surface area contributed by atoms with Gasteiger partial charge in [0.15, 0.2) is 0 Å². The van der Waals surface area contributed by atoms with Crippen LogP contribution in [0.1, 0.15) is 5.56 Å². The lowest BCUT2D eigenvalue weighted by atomic mass is 9.94. The van der Waals surface area contributed by atoms with Crippen LogP contribution in [0.5, 0.6) is 0 Å². The van der Waals surface area contributed by atoms with Gasteiger partial charge in [-0.05, 0) is 47.4 Å². The Morgan fingerprint density at radius 2 is 1.90 bits per heavy atom. The minimum Gasteiger partial charge on any atom is -0.395 e. The molecule has 5 nitrogen and oxygen atoms in total. The molecular weight excluding hydrogens is 360 g/mol. The van der Waals surface area contributed by atoms with E-state index in [2.05, 4.69) is 41.8 Å². The topological polar surface area (TPSA) is 91.9 Å². The van der Waals surface area contributed by atoms with Crippen LogP contribution in [0.3, 0.4) is 0 Å². The highest BCUT2D eigenvalue weighted by Crippen LogP contribution is 2.29. The quantitative estimate of drug-likeness (QED) is 0.544. The number of rotatable bonds is 7. The summed E-state index contributed by atoms with van der Waals surface area (Å²) in [6, 6.07) is 18.4. The Balaban J connectivity index is 1.86. The average Bonchev–Trinajstić information content (AvgIpc) is 2.75. The second-order valence-corrected chi connectivity index (χ2v) is 6.75. The molecular formula is C24H24N4O. The van der Waals surface area contributed by atoms with Crippen LogP contribution in [0.2, 0.25) is 0 Å². The molecule has 0 amide bonds. The molecule has 0 bridgehead atoms. The first-order chi connectivity index (χ1) is 14.1. The molecule has 0 heterocycles. The molecule has 4 N–H and O–H groups in total. The molecule has 0 saturated heterocycles. The summed E-state index contributed by atoms with van der Waals surface area (Å²) in [5, 5.41) is 33.0. The van der Waals surface area contributed by atoms with Gasteiger partial charge in [-0.3, -0.25) is 5.41 Å². The van der Waals surface area contributed by atoms with Gasteiger partial charge in [0.05, 0.1) is 17.9 Å². The first-order valence-corrected chi connectivity index (χ1v) is 9.49. The van der Waals surface area contributed by atoms with Crippen LogP contribution in [0.25, 0.3) is 11.1 Å². The fourth-order valence-electron chi connectivity index (χ4n) is 3.22. The number of hydrogen-bond acceptors (Lipinski definition) is 5. The van der Waals surface area contributed by atoms with Crippen LogP contribution in [0.4, 0.5) is 5.69 Å². The van der Waals surface area contributed by atoms with Crippen molar-refractivity contribution in [2.45, 2.75) is 6.92 Å². The molecule has 146 valence electrons. The van der Waals surface area contributed by atoms with Gasteiger partial charge < -0.3 is 15.7 Å². The number of nitrogens with one attached hydrogen (secondary N) is 3. The maximum absolute atomic E-state index is 9.37. The molecule has 1 aliphatic carbocycles. The van der Waals surface area contributed by atoms with Crippen molar-refractivity contribution in [3.63, 3.8) is 0 Å². The van der Waals surface area contributed by atoms with E-state index in [0.29, 0.717) is 24.2 Å². The van der Waals surface area contributed by atoms with E-state index in [4.69, 9.17) is 10.5 Å². The number of aliphatic hydroxyl groups excluding tert-OH is 1. The molecule has 0 aliphatic heterocycles. The lowest BCUT2D eigenvalue weighted by molar-refractivity contribution is 0.294. The van der Waals surface area contributed by atoms with E-state index in [1.54, 1.807) is 12.3 Å². The largest absolute Gasteiger partial charge is 0.395 e. The zero-order valence-electron chi connectivity index (χ0n) is 16.4. The highest BCUT2D eigenvalue weighted by atomic mass is 16.3. The van der Waals surface area contributed by atoms with Crippen LogP contribution < -0.4 is 10.6 Å². The van der Waals surface area contributed by atoms with Crippen molar-refractivity contribution < 1.29 is 5.11 Å². The number of nitrogens with zero attached hydrogens (tertiary/aromatic N) is 1. The van der Waals surface area contributed by atoms with E-state index in [1.807, 2.05) is 36.4 Å². The standard InChI is InChI=1S/C24H24N4O/c1-17-22(19-6-3-2-4-7-19)8-5-9-23(17)28-16-21-13-18(15-27-10-11-29)12-20(14-25)24(21)26/h2-9,12-13,16,26-29H,10-11,15H2,1H3/b21-16-,26-24?. The van der Waals surface area contributed by atoms with Gasteiger partial charge in [-0.1, -0.05) is 42.5 Å². The highest BCUT2D eigenvalue weighted by Gasteiger charge is 2.16. The molecule has 0 spiro atoms. The third-order valence-electron chi connectivity index (χ3n) is 4.77. The first-order valence-electron chi connectivity index (χ1n) is 9.49. The van der Waals surface area contributed by atoms with E-state index >= 15 is 0 Å². The molecule has 0 aromatic heterocycles. The van der Waals surface area contributed by atoms with Gasteiger partial charge in [0, 0.05) is 30.5 Å². The molecule has 0 atom stereocenters. The van der Waals surface area contributed by atoms with Crippen molar-refractivity contribution in [2.75, 3.05) is 25.0 Å². The fourth-order valence-corrected chi connectivity index (χ4v) is 3.22. The number of aliphatic hydroxyl groups is 1. The minimum absolute atomic E-state index is 0.0548. The second-order valence-electron chi connectivity index (χ2n) is 6.75. The van der Waals surface area contributed by atoms with Crippen LogP contribution in [0.15, 0.2) is 83.6 Å². The van der Waals surface area contributed by atoms with E-state index in [1.165, 1.54) is 0 Å². The zero-order chi connectivity index (χ0) is 20.6. The minimum atomic E-state index is 0.0548. The number of hydrogen-bond donors (Lipinski definition) is 4. The third kappa shape index (κ3) is 4.88. The Labute approximate surface area is 171 Å². The van der Waals surface area contributed by atoms with Gasteiger partial charge in [0.25, 0.3) is 0 Å². The van der Waals surface area contributed by atoms with Gasteiger partial charge in [-0.2, -0.15) is 5.26 Å². The highest BCUT2D eigenvalue weighted by molar-refractivity contribution is 6.16. The lowest BCUT2D eigenvalue weighted by Gasteiger charge is -2.16. The second kappa shape index (κ2) is 9.65. The van der Waals surface area contributed by atoms with Gasteiger partial charge in [-0.15, -0.1) is 0 Å². The van der Waals surface area contributed by atoms with Gasteiger partial charge >= 0.3 is 0 Å². The summed E-state index contributed by atoms with van der Waals surface area (Å²) in [6.07, 6.45) is 5.37. The monoisotopic (exact) mass is 384 g/mol. The summed E-state index contributed by atoms with van der Waals surface area (Å²) >= 11 is 0. The summed E-state index contributed by atoms with van der Waals surface area (Å²) in [5.41, 5.74) is 6.44. The maximum Gasteiger partial charge on any atom is 0.101 e. The van der Waals surface area contributed by atoms with Crippen molar-refractivity contribution in [3.8, 4) is 17.2 Å². The Morgan fingerprint density at radius 1 is 1.10 bits per heavy atom. The zero-order valence-corrected chi connectivity index (χ0v) is 16.4. The number of benzene rings is 2. The molecule has 0 radical (unpaired) electrons. The van der Waals surface area contributed by atoms with Crippen molar-refractivity contribution in [2.24, 2.45) is 0 Å². The molecule has 0 saturated carbocycles. The Bertz CT molecular complexity index is 1030. The molecule has 1 aliphatic rings. The van der Waals surface area contributed by atoms with Crippen molar-refractivity contribution in [1.29, 1.82) is 10.7 Å². The van der Waals surface area contributed by atoms with E-state index in [-0.39, 0.29) is 12.3 Å². The number of allylic oxidation sites excluding steroid dienone is 3. The van der Waals surface area contributed by atoms with Crippen LogP contribution in [0, 0.1) is 23.7 Å². The molecule has 0 fully saturated rings. The maximum atomic E-state index is 9.37. The van der Waals surface area contributed by atoms with Gasteiger partial charge in [0.1, 0.15) is 6.07 Å².